The second-order valence-electron chi connectivity index (χ2n) is 5.21. The van der Waals surface area contributed by atoms with E-state index in [0.717, 1.165) is 31.2 Å². The van der Waals surface area contributed by atoms with Gasteiger partial charge in [-0.3, -0.25) is 4.79 Å². The third-order valence-electron chi connectivity index (χ3n) is 3.51. The third-order valence-corrected chi connectivity index (χ3v) is 3.51. The number of nitriles is 1. The van der Waals surface area contributed by atoms with Gasteiger partial charge in [0.15, 0.2) is 6.61 Å². The summed E-state index contributed by atoms with van der Waals surface area (Å²) >= 11 is 0. The fourth-order valence-corrected chi connectivity index (χ4v) is 2.40. The van der Waals surface area contributed by atoms with Crippen molar-refractivity contribution in [2.45, 2.75) is 31.7 Å². The Hall–Kier alpha value is -2.61. The van der Waals surface area contributed by atoms with Gasteiger partial charge in [0.1, 0.15) is 11.6 Å². The Morgan fingerprint density at radius 1 is 1.27 bits per heavy atom. The first kappa shape index (κ1) is 15.8. The molecule has 0 aromatic heterocycles. The largest absolute Gasteiger partial charge is 0.451 e. The van der Waals surface area contributed by atoms with Crippen LogP contribution in [0, 0.1) is 11.3 Å². The van der Waals surface area contributed by atoms with Crippen LogP contribution in [-0.4, -0.2) is 24.5 Å². The number of carbonyl (C=O) groups excluding carboxylic acids is 2. The van der Waals surface area contributed by atoms with Crippen LogP contribution in [0.2, 0.25) is 0 Å². The lowest BCUT2D eigenvalue weighted by Gasteiger charge is -2.11. The molecule has 5 heteroatoms. The zero-order valence-corrected chi connectivity index (χ0v) is 12.2. The standard InChI is InChI=1S/C17H18N2O3/c18-11-14(10-13-6-2-1-3-7-13)17(21)22-12-16(20)19-15-8-4-5-9-15/h1-3,6-7,10,15H,4-5,8-9,12H2,(H,19,20)/b14-10-. The molecule has 1 aliphatic rings. The molecule has 0 atom stereocenters. The fraction of sp³-hybridized carbons (Fsp3) is 0.353. The van der Waals surface area contributed by atoms with E-state index in [4.69, 9.17) is 10.00 Å². The molecule has 1 fully saturated rings. The van der Waals surface area contributed by atoms with E-state index in [0.29, 0.717) is 0 Å². The van der Waals surface area contributed by atoms with Crippen molar-refractivity contribution in [3.05, 3.63) is 41.5 Å². The summed E-state index contributed by atoms with van der Waals surface area (Å²) < 4.78 is 4.90. The number of hydrogen-bond acceptors (Lipinski definition) is 4. The van der Waals surface area contributed by atoms with E-state index in [1.165, 1.54) is 6.08 Å². The lowest BCUT2D eigenvalue weighted by atomic mass is 10.1. The van der Waals surface area contributed by atoms with E-state index in [1.54, 1.807) is 30.3 Å². The van der Waals surface area contributed by atoms with Crippen molar-refractivity contribution in [2.24, 2.45) is 0 Å². The van der Waals surface area contributed by atoms with E-state index in [-0.39, 0.29) is 24.1 Å². The zero-order valence-electron chi connectivity index (χ0n) is 12.2. The van der Waals surface area contributed by atoms with Crippen LogP contribution in [0.1, 0.15) is 31.2 Å². The van der Waals surface area contributed by atoms with Gasteiger partial charge in [0.2, 0.25) is 0 Å². The van der Waals surface area contributed by atoms with Crippen LogP contribution < -0.4 is 5.32 Å². The number of rotatable bonds is 5. The second-order valence-corrected chi connectivity index (χ2v) is 5.21. The molecule has 0 unspecified atom stereocenters. The molecule has 22 heavy (non-hydrogen) atoms. The Kier molecular flexibility index (Phi) is 5.73. The van der Waals surface area contributed by atoms with Crippen molar-refractivity contribution in [2.75, 3.05) is 6.61 Å². The minimum Gasteiger partial charge on any atom is -0.451 e. The number of hydrogen-bond donors (Lipinski definition) is 1. The van der Waals surface area contributed by atoms with Crippen molar-refractivity contribution in [3.8, 4) is 6.07 Å². The number of nitrogens with one attached hydrogen (secondary N) is 1. The number of nitrogens with zero attached hydrogens (tertiary/aromatic N) is 1. The predicted octanol–water partition coefficient (Wildman–Crippen LogP) is 2.20. The van der Waals surface area contributed by atoms with Gasteiger partial charge < -0.3 is 10.1 Å². The SMILES string of the molecule is N#C/C(=C/c1ccccc1)C(=O)OCC(=O)NC1CCCC1. The summed E-state index contributed by atoms with van der Waals surface area (Å²) in [7, 11) is 0. The molecular weight excluding hydrogens is 280 g/mol. The van der Waals surface area contributed by atoms with Crippen LogP contribution in [-0.2, 0) is 14.3 Å². The lowest BCUT2D eigenvalue weighted by molar-refractivity contribution is -0.144. The third kappa shape index (κ3) is 4.74. The summed E-state index contributed by atoms with van der Waals surface area (Å²) in [5.41, 5.74) is 0.603. The molecule has 0 heterocycles. The molecule has 2 rings (SSSR count). The van der Waals surface area contributed by atoms with Gasteiger partial charge in [-0.1, -0.05) is 43.2 Å². The summed E-state index contributed by atoms with van der Waals surface area (Å²) in [6, 6.07) is 11.0. The van der Waals surface area contributed by atoms with Gasteiger partial charge in [0.25, 0.3) is 5.91 Å². The summed E-state index contributed by atoms with van der Waals surface area (Å²) in [5.74, 6) is -1.11. The van der Waals surface area contributed by atoms with Gasteiger partial charge >= 0.3 is 5.97 Å². The Labute approximate surface area is 129 Å². The monoisotopic (exact) mass is 298 g/mol. The highest BCUT2D eigenvalue weighted by Crippen LogP contribution is 2.17. The molecule has 0 saturated heterocycles. The van der Waals surface area contributed by atoms with E-state index >= 15 is 0 Å². The molecule has 0 radical (unpaired) electrons. The van der Waals surface area contributed by atoms with E-state index in [1.807, 2.05) is 6.07 Å². The molecule has 1 aliphatic carbocycles. The van der Waals surface area contributed by atoms with Crippen LogP contribution >= 0.6 is 0 Å². The van der Waals surface area contributed by atoms with Gasteiger partial charge in [0.05, 0.1) is 0 Å². The average molecular weight is 298 g/mol. The predicted molar refractivity (Wildman–Crippen MR) is 81.4 cm³/mol. The minimum atomic E-state index is -0.784. The molecule has 5 nitrogen and oxygen atoms in total. The molecule has 0 spiro atoms. The van der Waals surface area contributed by atoms with E-state index in [9.17, 15) is 9.59 Å². The highest BCUT2D eigenvalue weighted by Gasteiger charge is 2.18. The lowest BCUT2D eigenvalue weighted by Crippen LogP contribution is -2.36. The normalized spacial score (nSPS) is 15.1. The second kappa shape index (κ2) is 7.99. The molecule has 0 aliphatic heterocycles. The maximum absolute atomic E-state index is 11.8. The van der Waals surface area contributed by atoms with Crippen molar-refractivity contribution >= 4 is 18.0 Å². The van der Waals surface area contributed by atoms with Crippen LogP contribution in [0.3, 0.4) is 0 Å². The Morgan fingerprint density at radius 2 is 1.95 bits per heavy atom. The molecular formula is C17H18N2O3. The highest BCUT2D eigenvalue weighted by atomic mass is 16.5. The average Bonchev–Trinajstić information content (AvgIpc) is 3.04. The number of amides is 1. The van der Waals surface area contributed by atoms with Crippen LogP contribution in [0.4, 0.5) is 0 Å². The van der Waals surface area contributed by atoms with Gasteiger partial charge in [-0.05, 0) is 24.5 Å². The number of carbonyl (C=O) groups is 2. The molecule has 1 aromatic rings. The summed E-state index contributed by atoms with van der Waals surface area (Å²) in [6.07, 6.45) is 5.61. The van der Waals surface area contributed by atoms with Crippen molar-refractivity contribution < 1.29 is 14.3 Å². The van der Waals surface area contributed by atoms with Gasteiger partial charge in [-0.15, -0.1) is 0 Å². The summed E-state index contributed by atoms with van der Waals surface area (Å²) in [6.45, 7) is -0.358. The Bertz CT molecular complexity index is 596. The van der Waals surface area contributed by atoms with E-state index < -0.39 is 5.97 Å². The topological polar surface area (TPSA) is 79.2 Å². The van der Waals surface area contributed by atoms with Gasteiger partial charge in [-0.25, -0.2) is 4.79 Å². The first-order valence-electron chi connectivity index (χ1n) is 7.32. The molecule has 1 aromatic carbocycles. The molecule has 0 bridgehead atoms. The van der Waals surface area contributed by atoms with Crippen LogP contribution in [0.25, 0.3) is 6.08 Å². The fourth-order valence-electron chi connectivity index (χ4n) is 2.40. The highest BCUT2D eigenvalue weighted by molar-refractivity contribution is 5.98. The maximum Gasteiger partial charge on any atom is 0.349 e. The Balaban J connectivity index is 1.86. The summed E-state index contributed by atoms with van der Waals surface area (Å²) in [5, 5.41) is 11.9. The molecule has 1 amide bonds. The van der Waals surface area contributed by atoms with Gasteiger partial charge in [-0.2, -0.15) is 5.26 Å². The smallest absolute Gasteiger partial charge is 0.349 e. The van der Waals surface area contributed by atoms with Crippen molar-refractivity contribution in [1.82, 2.24) is 5.32 Å². The zero-order chi connectivity index (χ0) is 15.8. The van der Waals surface area contributed by atoms with Crippen molar-refractivity contribution in [3.63, 3.8) is 0 Å². The minimum absolute atomic E-state index is 0.125. The van der Waals surface area contributed by atoms with Crippen LogP contribution in [0.5, 0.6) is 0 Å². The maximum atomic E-state index is 11.8. The first-order valence-corrected chi connectivity index (χ1v) is 7.32. The van der Waals surface area contributed by atoms with Crippen LogP contribution in [0.15, 0.2) is 35.9 Å². The quantitative estimate of drug-likeness (QED) is 0.513. The summed E-state index contributed by atoms with van der Waals surface area (Å²) in [4.78, 5) is 23.5. The van der Waals surface area contributed by atoms with E-state index in [2.05, 4.69) is 5.32 Å². The molecule has 1 N–H and O–H groups in total. The first-order chi connectivity index (χ1) is 10.7. The van der Waals surface area contributed by atoms with Crippen molar-refractivity contribution in [1.29, 1.82) is 5.26 Å². The van der Waals surface area contributed by atoms with Gasteiger partial charge in [0, 0.05) is 6.04 Å². The molecule has 114 valence electrons. The number of ether oxygens (including phenoxy) is 1. The number of benzene rings is 1. The number of esters is 1. The Morgan fingerprint density at radius 3 is 2.59 bits per heavy atom. The molecule has 1 saturated carbocycles.